The maximum atomic E-state index is 11.9. The molecule has 0 N–H and O–H groups in total. The van der Waals surface area contributed by atoms with Gasteiger partial charge < -0.3 is 18.7 Å². The fraction of sp³-hybridized carbons (Fsp3) is 0.111. The molecule has 0 saturated heterocycles. The van der Waals surface area contributed by atoms with Crippen molar-refractivity contribution in [2.45, 2.75) is 6.61 Å². The number of benzene rings is 2. The summed E-state index contributed by atoms with van der Waals surface area (Å²) >= 11 is 0. The molecule has 120 valence electrons. The third-order valence-corrected chi connectivity index (χ3v) is 3.58. The first-order valence-corrected chi connectivity index (χ1v) is 7.37. The zero-order chi connectivity index (χ0) is 16.4. The van der Waals surface area contributed by atoms with E-state index in [-0.39, 0.29) is 13.4 Å². The minimum atomic E-state index is -0.400. The average Bonchev–Trinajstić information content (AvgIpc) is 3.29. The topological polar surface area (TPSA) is 70.8 Å². The molecule has 4 rings (SSSR count). The molecule has 6 heteroatoms. The highest BCUT2D eigenvalue weighted by molar-refractivity contribution is 5.89. The van der Waals surface area contributed by atoms with Crippen molar-refractivity contribution >= 4 is 5.97 Å². The minimum Gasteiger partial charge on any atom is -0.455 e. The monoisotopic (exact) mass is 323 g/mol. The summed E-state index contributed by atoms with van der Waals surface area (Å²) in [5, 5.41) is 3.93. The molecule has 0 aliphatic carbocycles. The van der Waals surface area contributed by atoms with E-state index in [2.05, 4.69) is 5.16 Å². The molecule has 0 saturated carbocycles. The van der Waals surface area contributed by atoms with Crippen LogP contribution in [-0.4, -0.2) is 17.9 Å². The summed E-state index contributed by atoms with van der Waals surface area (Å²) in [6.07, 6.45) is 0. The molecule has 0 fully saturated rings. The number of carbonyl (C=O) groups excluding carboxylic acids is 1. The number of hydrogen-bond acceptors (Lipinski definition) is 6. The van der Waals surface area contributed by atoms with Crippen LogP contribution in [0.1, 0.15) is 16.1 Å². The third-order valence-electron chi connectivity index (χ3n) is 3.58. The first-order valence-electron chi connectivity index (χ1n) is 7.37. The maximum Gasteiger partial charge on any atom is 0.338 e. The summed E-state index contributed by atoms with van der Waals surface area (Å²) < 4.78 is 21.2. The van der Waals surface area contributed by atoms with Crippen LogP contribution in [0.2, 0.25) is 0 Å². The van der Waals surface area contributed by atoms with Gasteiger partial charge in [-0.15, -0.1) is 0 Å². The van der Waals surface area contributed by atoms with Crippen LogP contribution in [0.3, 0.4) is 0 Å². The summed E-state index contributed by atoms with van der Waals surface area (Å²) in [5.74, 6) is 1.54. The molecule has 6 nitrogen and oxygen atoms in total. The van der Waals surface area contributed by atoms with Crippen LogP contribution < -0.4 is 9.47 Å². The predicted octanol–water partition coefficient (Wildman–Crippen LogP) is 3.43. The number of nitrogens with zero attached hydrogens (tertiary/aromatic N) is 1. The van der Waals surface area contributed by atoms with Gasteiger partial charge in [0.15, 0.2) is 17.3 Å². The quantitative estimate of drug-likeness (QED) is 0.685. The van der Waals surface area contributed by atoms with Gasteiger partial charge >= 0.3 is 5.97 Å². The SMILES string of the molecule is O=C(OCc1cc(-c2ccc3c(c2)OCO3)on1)c1ccccc1. The molecular weight excluding hydrogens is 310 g/mol. The Balaban J connectivity index is 1.44. The lowest BCUT2D eigenvalue weighted by Crippen LogP contribution is -2.04. The maximum absolute atomic E-state index is 11.9. The van der Waals surface area contributed by atoms with E-state index in [1.807, 2.05) is 24.3 Å². The molecule has 2 heterocycles. The molecule has 0 radical (unpaired) electrons. The Morgan fingerprint density at radius 2 is 1.88 bits per heavy atom. The summed E-state index contributed by atoms with van der Waals surface area (Å²) in [6.45, 7) is 0.262. The molecule has 0 spiro atoms. The van der Waals surface area contributed by atoms with Crippen molar-refractivity contribution in [2.24, 2.45) is 0 Å². The van der Waals surface area contributed by atoms with Crippen molar-refractivity contribution in [1.29, 1.82) is 0 Å². The Labute approximate surface area is 137 Å². The van der Waals surface area contributed by atoms with Crippen LogP contribution in [0, 0.1) is 0 Å². The number of rotatable bonds is 4. The summed E-state index contributed by atoms with van der Waals surface area (Å²) in [5.41, 5.74) is 1.84. The van der Waals surface area contributed by atoms with Gasteiger partial charge in [0.1, 0.15) is 12.3 Å². The second kappa shape index (κ2) is 6.08. The first kappa shape index (κ1) is 14.3. The molecule has 0 atom stereocenters. The zero-order valence-electron chi connectivity index (χ0n) is 12.6. The number of carbonyl (C=O) groups is 1. The standard InChI is InChI=1S/C18H13NO5/c20-18(12-4-2-1-3-5-12)21-10-14-9-16(24-19-14)13-6-7-15-17(8-13)23-11-22-15/h1-9H,10-11H2. The molecule has 0 bridgehead atoms. The zero-order valence-corrected chi connectivity index (χ0v) is 12.6. The normalized spacial score (nSPS) is 12.2. The van der Waals surface area contributed by atoms with Crippen molar-refractivity contribution in [3.63, 3.8) is 0 Å². The van der Waals surface area contributed by atoms with Crippen molar-refractivity contribution in [1.82, 2.24) is 5.16 Å². The predicted molar refractivity (Wildman–Crippen MR) is 83.6 cm³/mol. The molecule has 1 aliphatic heterocycles. The largest absolute Gasteiger partial charge is 0.455 e. The number of esters is 1. The molecule has 1 aromatic heterocycles. The number of aromatic nitrogens is 1. The highest BCUT2D eigenvalue weighted by atomic mass is 16.7. The van der Waals surface area contributed by atoms with E-state index < -0.39 is 5.97 Å². The van der Waals surface area contributed by atoms with E-state index >= 15 is 0 Å². The number of hydrogen-bond donors (Lipinski definition) is 0. The van der Waals surface area contributed by atoms with Crippen molar-refractivity contribution in [3.8, 4) is 22.8 Å². The van der Waals surface area contributed by atoms with Gasteiger partial charge in [-0.25, -0.2) is 4.79 Å². The van der Waals surface area contributed by atoms with E-state index in [0.29, 0.717) is 28.5 Å². The Kier molecular flexibility index (Phi) is 3.63. The molecular formula is C18H13NO5. The van der Waals surface area contributed by atoms with Crippen LogP contribution in [-0.2, 0) is 11.3 Å². The molecule has 2 aromatic carbocycles. The Bertz CT molecular complexity index is 872. The number of ether oxygens (including phenoxy) is 3. The molecule has 0 amide bonds. The van der Waals surface area contributed by atoms with Gasteiger partial charge in [-0.2, -0.15) is 0 Å². The summed E-state index contributed by atoms with van der Waals surface area (Å²) in [7, 11) is 0. The summed E-state index contributed by atoms with van der Waals surface area (Å²) in [4.78, 5) is 11.9. The molecule has 24 heavy (non-hydrogen) atoms. The van der Waals surface area contributed by atoms with Crippen molar-refractivity contribution in [2.75, 3.05) is 6.79 Å². The molecule has 0 unspecified atom stereocenters. The van der Waals surface area contributed by atoms with E-state index in [1.54, 1.807) is 30.3 Å². The Morgan fingerprint density at radius 3 is 2.75 bits per heavy atom. The fourth-order valence-electron chi connectivity index (χ4n) is 2.36. The van der Waals surface area contributed by atoms with Gasteiger partial charge in [-0.05, 0) is 30.3 Å². The van der Waals surface area contributed by atoms with Gasteiger partial charge in [0.05, 0.1) is 5.56 Å². The van der Waals surface area contributed by atoms with E-state index in [9.17, 15) is 4.79 Å². The van der Waals surface area contributed by atoms with Gasteiger partial charge in [0.25, 0.3) is 0 Å². The van der Waals surface area contributed by atoms with Crippen LogP contribution in [0.25, 0.3) is 11.3 Å². The highest BCUT2D eigenvalue weighted by Crippen LogP contribution is 2.36. The summed E-state index contributed by atoms with van der Waals surface area (Å²) in [6, 6.07) is 16.0. The fourth-order valence-corrected chi connectivity index (χ4v) is 2.36. The van der Waals surface area contributed by atoms with Gasteiger partial charge in [-0.1, -0.05) is 23.4 Å². The van der Waals surface area contributed by atoms with Gasteiger partial charge in [0, 0.05) is 11.6 Å². The Hall–Kier alpha value is -3.28. The van der Waals surface area contributed by atoms with Crippen LogP contribution >= 0.6 is 0 Å². The van der Waals surface area contributed by atoms with E-state index in [0.717, 1.165) is 5.56 Å². The minimum absolute atomic E-state index is 0.0434. The van der Waals surface area contributed by atoms with Crippen molar-refractivity contribution < 1.29 is 23.5 Å². The average molecular weight is 323 g/mol. The first-order chi connectivity index (χ1) is 11.8. The lowest BCUT2D eigenvalue weighted by molar-refractivity contribution is 0.0464. The van der Waals surface area contributed by atoms with Gasteiger partial charge in [0.2, 0.25) is 6.79 Å². The van der Waals surface area contributed by atoms with E-state index in [4.69, 9.17) is 18.7 Å². The molecule has 3 aromatic rings. The lowest BCUT2D eigenvalue weighted by atomic mass is 10.1. The third kappa shape index (κ3) is 2.81. The lowest BCUT2D eigenvalue weighted by Gasteiger charge is -2.01. The van der Waals surface area contributed by atoms with Gasteiger partial charge in [-0.3, -0.25) is 0 Å². The second-order valence-corrected chi connectivity index (χ2v) is 5.19. The van der Waals surface area contributed by atoms with Crippen LogP contribution in [0.5, 0.6) is 11.5 Å². The highest BCUT2D eigenvalue weighted by Gasteiger charge is 2.16. The second-order valence-electron chi connectivity index (χ2n) is 5.19. The number of fused-ring (bicyclic) bond motifs is 1. The van der Waals surface area contributed by atoms with Crippen LogP contribution in [0.15, 0.2) is 59.1 Å². The van der Waals surface area contributed by atoms with E-state index in [1.165, 1.54) is 0 Å². The Morgan fingerprint density at radius 1 is 1.04 bits per heavy atom. The van der Waals surface area contributed by atoms with Crippen molar-refractivity contribution in [3.05, 3.63) is 65.9 Å². The molecule has 1 aliphatic rings. The van der Waals surface area contributed by atoms with Crippen LogP contribution in [0.4, 0.5) is 0 Å². The smallest absolute Gasteiger partial charge is 0.338 e.